The van der Waals surface area contributed by atoms with E-state index in [-0.39, 0.29) is 25.5 Å². The van der Waals surface area contributed by atoms with Gasteiger partial charge in [0.1, 0.15) is 0 Å². The molecule has 0 spiro atoms. The summed E-state index contributed by atoms with van der Waals surface area (Å²) in [7, 11) is 1.48. The number of hydrogen-bond donors (Lipinski definition) is 6. The lowest BCUT2D eigenvalue weighted by Gasteiger charge is -2.29. The molecule has 21 heavy (non-hydrogen) atoms. The average molecular weight is 305 g/mol. The molecule has 0 aromatic heterocycles. The molecule has 4 atom stereocenters. The summed E-state index contributed by atoms with van der Waals surface area (Å²) in [5.41, 5.74) is 0. The number of carboxylic acid groups (broad SMARTS) is 1. The topological polar surface area (TPSA) is 142 Å². The summed E-state index contributed by atoms with van der Waals surface area (Å²) in [6.07, 6.45) is -2.97. The zero-order chi connectivity index (χ0) is 16.0. The molecule has 1 fully saturated rings. The van der Waals surface area contributed by atoms with Gasteiger partial charge in [-0.3, -0.25) is 9.69 Å². The van der Waals surface area contributed by atoms with Crippen LogP contribution in [-0.2, 0) is 4.79 Å². The fourth-order valence-corrected chi connectivity index (χ4v) is 2.62. The Kier molecular flexibility index (Phi) is 6.82. The first-order chi connectivity index (χ1) is 9.92. The minimum absolute atomic E-state index is 0.00240. The van der Waals surface area contributed by atoms with Crippen LogP contribution in [0.15, 0.2) is 0 Å². The zero-order valence-corrected chi connectivity index (χ0v) is 11.9. The lowest BCUT2D eigenvalue weighted by Crippen LogP contribution is -2.44. The Balaban J connectivity index is 2.67. The van der Waals surface area contributed by atoms with Crippen LogP contribution in [0.2, 0.25) is 0 Å². The van der Waals surface area contributed by atoms with Crippen LogP contribution in [0.1, 0.15) is 12.8 Å². The van der Waals surface area contributed by atoms with E-state index in [0.29, 0.717) is 13.0 Å². The molecule has 0 radical (unpaired) electrons. The number of aliphatic hydroxyl groups excluding tert-OH is 3. The highest BCUT2D eigenvalue weighted by Gasteiger charge is 2.47. The van der Waals surface area contributed by atoms with Crippen molar-refractivity contribution in [1.82, 2.24) is 15.5 Å². The van der Waals surface area contributed by atoms with Gasteiger partial charge in [0.2, 0.25) is 5.91 Å². The van der Waals surface area contributed by atoms with Gasteiger partial charge in [-0.25, -0.2) is 4.79 Å². The van der Waals surface area contributed by atoms with E-state index in [1.807, 2.05) is 0 Å². The Bertz CT molecular complexity index is 367. The van der Waals surface area contributed by atoms with Crippen molar-refractivity contribution in [3.05, 3.63) is 0 Å². The molecule has 0 aliphatic carbocycles. The van der Waals surface area contributed by atoms with Gasteiger partial charge < -0.3 is 31.1 Å². The first-order valence-electron chi connectivity index (χ1n) is 6.82. The highest BCUT2D eigenvalue weighted by molar-refractivity contribution is 5.76. The quantitative estimate of drug-likeness (QED) is 0.287. The Morgan fingerprint density at radius 3 is 2.33 bits per heavy atom. The summed E-state index contributed by atoms with van der Waals surface area (Å²) in [6, 6.07) is -1.28. The molecule has 1 rings (SSSR count). The Morgan fingerprint density at radius 2 is 1.81 bits per heavy atom. The Morgan fingerprint density at radius 1 is 1.19 bits per heavy atom. The number of aliphatic hydroxyl groups is 3. The SMILES string of the molecule is CNC(=O)C[C@@H]1[C@H](O)[C@H](O)[C@@H](CO)N1CCCNC(=O)O. The molecule has 1 saturated heterocycles. The molecular formula is C12H23N3O6. The predicted molar refractivity (Wildman–Crippen MR) is 72.7 cm³/mol. The first kappa shape index (κ1) is 17.6. The molecule has 2 amide bonds. The number of amides is 2. The van der Waals surface area contributed by atoms with E-state index in [2.05, 4.69) is 10.6 Å². The number of carbonyl (C=O) groups is 2. The molecule has 0 aromatic carbocycles. The standard InChI is InChI=1S/C12H23N3O6/c1-13-9(17)5-7-10(18)11(19)8(6-16)15(7)4-2-3-14-12(20)21/h7-8,10-11,14,16,18-19H,2-6H2,1H3,(H,13,17)(H,20,21)/t7-,8-,10+,11-/m1/s1. The Labute approximate surface area is 122 Å². The molecule has 1 heterocycles. The minimum Gasteiger partial charge on any atom is -0.465 e. The second kappa shape index (κ2) is 8.13. The van der Waals surface area contributed by atoms with Crippen LogP contribution in [0, 0.1) is 0 Å². The van der Waals surface area contributed by atoms with Gasteiger partial charge in [0, 0.05) is 32.6 Å². The molecule has 1 aliphatic rings. The van der Waals surface area contributed by atoms with Crippen LogP contribution >= 0.6 is 0 Å². The van der Waals surface area contributed by atoms with Crippen molar-refractivity contribution in [3.8, 4) is 0 Å². The molecule has 122 valence electrons. The van der Waals surface area contributed by atoms with Gasteiger partial charge in [-0.2, -0.15) is 0 Å². The first-order valence-corrected chi connectivity index (χ1v) is 6.82. The highest BCUT2D eigenvalue weighted by atomic mass is 16.4. The van der Waals surface area contributed by atoms with Gasteiger partial charge in [0.25, 0.3) is 0 Å². The summed E-state index contributed by atoms with van der Waals surface area (Å²) in [5, 5.41) is 42.5. The monoisotopic (exact) mass is 305 g/mol. The number of nitrogens with zero attached hydrogens (tertiary/aromatic N) is 1. The highest BCUT2D eigenvalue weighted by Crippen LogP contribution is 2.27. The van der Waals surface area contributed by atoms with Crippen molar-refractivity contribution in [3.63, 3.8) is 0 Å². The summed E-state index contributed by atoms with van der Waals surface area (Å²) >= 11 is 0. The molecule has 1 aliphatic heterocycles. The number of hydrogen-bond acceptors (Lipinski definition) is 6. The van der Waals surface area contributed by atoms with Gasteiger partial charge in [-0.1, -0.05) is 0 Å². The van der Waals surface area contributed by atoms with Crippen LogP contribution < -0.4 is 10.6 Å². The molecule has 0 aromatic rings. The summed E-state index contributed by atoms with van der Waals surface area (Å²) < 4.78 is 0. The van der Waals surface area contributed by atoms with Gasteiger partial charge in [-0.05, 0) is 6.42 Å². The predicted octanol–water partition coefficient (Wildman–Crippen LogP) is -2.45. The van der Waals surface area contributed by atoms with E-state index in [0.717, 1.165) is 0 Å². The van der Waals surface area contributed by atoms with Crippen molar-refractivity contribution in [1.29, 1.82) is 0 Å². The summed E-state index contributed by atoms with van der Waals surface area (Å²) in [5.74, 6) is -0.279. The largest absolute Gasteiger partial charge is 0.465 e. The lowest BCUT2D eigenvalue weighted by molar-refractivity contribution is -0.122. The van der Waals surface area contributed by atoms with Crippen LogP contribution in [-0.4, -0.2) is 88.4 Å². The molecule has 0 bridgehead atoms. The maximum Gasteiger partial charge on any atom is 0.404 e. The third kappa shape index (κ3) is 4.53. The van der Waals surface area contributed by atoms with Gasteiger partial charge in [0.15, 0.2) is 0 Å². The average Bonchev–Trinajstić information content (AvgIpc) is 2.67. The maximum atomic E-state index is 11.5. The molecule has 0 unspecified atom stereocenters. The zero-order valence-electron chi connectivity index (χ0n) is 11.9. The van der Waals surface area contributed by atoms with E-state index < -0.39 is 30.4 Å². The number of nitrogens with one attached hydrogen (secondary N) is 2. The number of likely N-dealkylation sites (tertiary alicyclic amines) is 1. The summed E-state index contributed by atoms with van der Waals surface area (Å²) in [6.45, 7) is 0.207. The van der Waals surface area contributed by atoms with E-state index in [1.54, 1.807) is 4.90 Å². The van der Waals surface area contributed by atoms with E-state index in [4.69, 9.17) is 5.11 Å². The van der Waals surface area contributed by atoms with Crippen LogP contribution in [0.4, 0.5) is 4.79 Å². The molecule has 0 saturated carbocycles. The summed E-state index contributed by atoms with van der Waals surface area (Å²) in [4.78, 5) is 23.5. The van der Waals surface area contributed by atoms with Crippen LogP contribution in [0.3, 0.4) is 0 Å². The van der Waals surface area contributed by atoms with Crippen molar-refractivity contribution in [2.45, 2.75) is 37.1 Å². The lowest BCUT2D eigenvalue weighted by atomic mass is 10.1. The van der Waals surface area contributed by atoms with Crippen molar-refractivity contribution >= 4 is 12.0 Å². The van der Waals surface area contributed by atoms with E-state index in [9.17, 15) is 24.9 Å². The molecule has 9 heteroatoms. The molecule has 6 N–H and O–H groups in total. The molecule has 9 nitrogen and oxygen atoms in total. The second-order valence-electron chi connectivity index (χ2n) is 5.00. The van der Waals surface area contributed by atoms with Gasteiger partial charge in [-0.15, -0.1) is 0 Å². The van der Waals surface area contributed by atoms with Crippen molar-refractivity contribution in [2.75, 3.05) is 26.7 Å². The maximum absolute atomic E-state index is 11.5. The van der Waals surface area contributed by atoms with Gasteiger partial charge >= 0.3 is 6.09 Å². The fourth-order valence-electron chi connectivity index (χ4n) is 2.62. The van der Waals surface area contributed by atoms with Crippen LogP contribution in [0.25, 0.3) is 0 Å². The van der Waals surface area contributed by atoms with Crippen molar-refractivity contribution in [2.24, 2.45) is 0 Å². The minimum atomic E-state index is -1.14. The Hall–Kier alpha value is -1.42. The number of carbonyl (C=O) groups excluding carboxylic acids is 1. The van der Waals surface area contributed by atoms with Gasteiger partial charge in [0.05, 0.1) is 24.9 Å². The molecular weight excluding hydrogens is 282 g/mol. The third-order valence-electron chi connectivity index (χ3n) is 3.72. The third-order valence-corrected chi connectivity index (χ3v) is 3.72. The smallest absolute Gasteiger partial charge is 0.404 e. The van der Waals surface area contributed by atoms with E-state index in [1.165, 1.54) is 7.05 Å². The van der Waals surface area contributed by atoms with Crippen LogP contribution in [0.5, 0.6) is 0 Å². The fraction of sp³-hybridized carbons (Fsp3) is 0.833. The normalized spacial score (nSPS) is 29.3. The van der Waals surface area contributed by atoms with Crippen molar-refractivity contribution < 1.29 is 30.0 Å². The van der Waals surface area contributed by atoms with E-state index >= 15 is 0 Å². The number of rotatable bonds is 7. The second-order valence-corrected chi connectivity index (χ2v) is 5.00.